The Balaban J connectivity index is 1.47. The Hall–Kier alpha value is -2.71. The molecule has 5 rings (SSSR count). The molecule has 1 aliphatic rings. The minimum absolute atomic E-state index is 0.0507. The molecule has 0 N–H and O–H groups in total. The molecule has 0 radical (unpaired) electrons. The molecule has 0 aromatic heterocycles. The van der Waals surface area contributed by atoms with Gasteiger partial charge in [-0.2, -0.15) is 0 Å². The molecule has 1 heterocycles. The fraction of sp³-hybridized carbons (Fsp3) is 0.0370. The monoisotopic (exact) mass is 583 g/mol. The van der Waals surface area contributed by atoms with Gasteiger partial charge < -0.3 is 4.74 Å². The van der Waals surface area contributed by atoms with Crippen molar-refractivity contribution in [1.82, 2.24) is 0 Å². The van der Waals surface area contributed by atoms with Crippen LogP contribution in [0.3, 0.4) is 0 Å². The molecule has 3 nitrogen and oxygen atoms in total. The number of nitrogens with zero attached hydrogens (tertiary/aromatic N) is 1. The average Bonchev–Trinajstić information content (AvgIpc) is 3.12. The van der Waals surface area contributed by atoms with Crippen LogP contribution in [0.4, 0.5) is 10.1 Å². The van der Waals surface area contributed by atoms with Crippen molar-refractivity contribution in [1.29, 1.82) is 0 Å². The van der Waals surface area contributed by atoms with Gasteiger partial charge in [0.2, 0.25) is 0 Å². The number of amides is 1. The van der Waals surface area contributed by atoms with Crippen LogP contribution in [-0.2, 0) is 11.4 Å². The summed E-state index contributed by atoms with van der Waals surface area (Å²) in [5.41, 5.74) is 1.67. The van der Waals surface area contributed by atoms with E-state index < -0.39 is 5.82 Å². The first kappa shape index (κ1) is 24.0. The molecular weight excluding hydrogens is 569 g/mol. The average molecular weight is 585 g/mol. The van der Waals surface area contributed by atoms with Gasteiger partial charge in [-0.25, -0.2) is 4.39 Å². The van der Waals surface area contributed by atoms with Crippen LogP contribution in [0.1, 0.15) is 11.1 Å². The second kappa shape index (κ2) is 10.1. The minimum Gasteiger partial charge on any atom is -0.488 e. The molecule has 174 valence electrons. The Morgan fingerprint density at radius 3 is 2.66 bits per heavy atom. The van der Waals surface area contributed by atoms with Gasteiger partial charge in [-0.15, -0.1) is 0 Å². The second-order valence-electron chi connectivity index (χ2n) is 7.69. The lowest BCUT2D eigenvalue weighted by Crippen LogP contribution is -2.27. The number of carbonyl (C=O) groups excluding carboxylic acids is 1. The molecule has 0 unspecified atom stereocenters. The summed E-state index contributed by atoms with van der Waals surface area (Å²) in [7, 11) is 0. The first-order chi connectivity index (χ1) is 16.9. The van der Waals surface area contributed by atoms with Crippen molar-refractivity contribution in [3.8, 4) is 5.75 Å². The highest BCUT2D eigenvalue weighted by atomic mass is 79.9. The normalized spacial score (nSPS) is 14.8. The predicted octanol–water partition coefficient (Wildman–Crippen LogP) is 8.38. The molecule has 35 heavy (non-hydrogen) atoms. The van der Waals surface area contributed by atoms with Crippen LogP contribution in [0.5, 0.6) is 5.75 Å². The van der Waals surface area contributed by atoms with E-state index in [-0.39, 0.29) is 18.1 Å². The first-order valence-corrected chi connectivity index (χ1v) is 12.9. The number of ether oxygens (including phenoxy) is 1. The van der Waals surface area contributed by atoms with Crippen molar-refractivity contribution in [2.24, 2.45) is 0 Å². The predicted molar refractivity (Wildman–Crippen MR) is 149 cm³/mol. The SMILES string of the molecule is O=C1/C(=C\c2cc(Br)ccc2OCc2c(F)cccc2Cl)SC(=S)N1c1cccc2ccccc12. The maximum Gasteiger partial charge on any atom is 0.270 e. The molecule has 1 saturated heterocycles. The molecule has 4 aromatic carbocycles. The molecule has 0 bridgehead atoms. The smallest absolute Gasteiger partial charge is 0.270 e. The van der Waals surface area contributed by atoms with E-state index in [1.807, 2.05) is 54.6 Å². The van der Waals surface area contributed by atoms with E-state index >= 15 is 0 Å². The Kier molecular flexibility index (Phi) is 6.93. The van der Waals surface area contributed by atoms with Gasteiger partial charge >= 0.3 is 0 Å². The van der Waals surface area contributed by atoms with Crippen LogP contribution < -0.4 is 9.64 Å². The maximum absolute atomic E-state index is 14.2. The number of carbonyl (C=O) groups is 1. The van der Waals surface area contributed by atoms with E-state index in [0.29, 0.717) is 25.6 Å². The van der Waals surface area contributed by atoms with Crippen molar-refractivity contribution in [3.05, 3.63) is 110 Å². The number of fused-ring (bicyclic) bond motifs is 1. The van der Waals surface area contributed by atoms with Crippen LogP contribution in [0.15, 0.2) is 88.2 Å². The summed E-state index contributed by atoms with van der Waals surface area (Å²) in [5, 5.41) is 2.26. The highest BCUT2D eigenvalue weighted by Gasteiger charge is 2.34. The van der Waals surface area contributed by atoms with E-state index in [0.717, 1.165) is 20.9 Å². The number of thioether (sulfide) groups is 1. The highest BCUT2D eigenvalue weighted by molar-refractivity contribution is 9.10. The van der Waals surface area contributed by atoms with Gasteiger partial charge in [0.1, 0.15) is 18.2 Å². The van der Waals surface area contributed by atoms with Crippen molar-refractivity contribution in [2.45, 2.75) is 6.61 Å². The zero-order chi connectivity index (χ0) is 24.5. The molecule has 0 atom stereocenters. The number of benzene rings is 4. The third kappa shape index (κ3) is 4.86. The summed E-state index contributed by atoms with van der Waals surface area (Å²) in [5.74, 6) is -0.158. The molecule has 1 fully saturated rings. The Labute approximate surface area is 224 Å². The molecule has 0 aliphatic carbocycles. The van der Waals surface area contributed by atoms with Crippen molar-refractivity contribution in [2.75, 3.05) is 4.90 Å². The first-order valence-electron chi connectivity index (χ1n) is 10.5. The number of thiocarbonyl (C=S) groups is 1. The molecule has 1 aliphatic heterocycles. The summed E-state index contributed by atoms with van der Waals surface area (Å²) in [4.78, 5) is 15.5. The number of halogens is 3. The standard InChI is InChI=1S/C27H16BrClFNO2S2/c28-18-11-12-24(33-15-20-21(29)8-4-9-22(20)30)17(13-18)14-25-26(32)31(27(34)35-25)23-10-3-6-16-5-1-2-7-19(16)23/h1-14H,15H2/b25-14+. The van der Waals surface area contributed by atoms with Crippen LogP contribution >= 0.6 is 51.5 Å². The van der Waals surface area contributed by atoms with E-state index in [1.165, 1.54) is 17.8 Å². The third-order valence-electron chi connectivity index (χ3n) is 5.49. The van der Waals surface area contributed by atoms with Gasteiger partial charge in [0.15, 0.2) is 4.32 Å². The van der Waals surface area contributed by atoms with Gasteiger partial charge in [-0.3, -0.25) is 9.69 Å². The number of hydrogen-bond acceptors (Lipinski definition) is 4. The van der Waals surface area contributed by atoms with Crippen molar-refractivity contribution in [3.63, 3.8) is 0 Å². The molecular formula is C27H16BrClFNO2S2. The van der Waals surface area contributed by atoms with Crippen LogP contribution in [0, 0.1) is 5.82 Å². The highest BCUT2D eigenvalue weighted by Crippen LogP contribution is 2.40. The Morgan fingerprint density at radius 1 is 1.06 bits per heavy atom. The van der Waals surface area contributed by atoms with E-state index in [1.54, 1.807) is 29.2 Å². The Bertz CT molecular complexity index is 1500. The topological polar surface area (TPSA) is 29.5 Å². The lowest BCUT2D eigenvalue weighted by Gasteiger charge is -2.17. The van der Waals surface area contributed by atoms with E-state index in [2.05, 4.69) is 15.9 Å². The summed E-state index contributed by atoms with van der Waals surface area (Å²) in [6.45, 7) is -0.0507. The van der Waals surface area contributed by atoms with Gasteiger partial charge in [0, 0.05) is 21.0 Å². The zero-order valence-corrected chi connectivity index (χ0v) is 22.0. The lowest BCUT2D eigenvalue weighted by atomic mass is 10.1. The molecule has 0 saturated carbocycles. The summed E-state index contributed by atoms with van der Waals surface area (Å²) < 4.78 is 21.4. The molecule has 4 aromatic rings. The largest absolute Gasteiger partial charge is 0.488 e. The molecule has 1 amide bonds. The number of hydrogen-bond donors (Lipinski definition) is 0. The minimum atomic E-state index is -0.438. The van der Waals surface area contributed by atoms with Gasteiger partial charge in [-0.1, -0.05) is 94.0 Å². The van der Waals surface area contributed by atoms with Crippen molar-refractivity contribution < 1.29 is 13.9 Å². The fourth-order valence-electron chi connectivity index (χ4n) is 3.80. The fourth-order valence-corrected chi connectivity index (χ4v) is 5.68. The second-order valence-corrected chi connectivity index (χ2v) is 10.7. The maximum atomic E-state index is 14.2. The summed E-state index contributed by atoms with van der Waals surface area (Å²) in [6, 6.07) is 23.6. The van der Waals surface area contributed by atoms with E-state index in [4.69, 9.17) is 28.6 Å². The van der Waals surface area contributed by atoms with Crippen LogP contribution in [0.2, 0.25) is 5.02 Å². The van der Waals surface area contributed by atoms with Gasteiger partial charge in [0.05, 0.1) is 15.6 Å². The van der Waals surface area contributed by atoms with Crippen LogP contribution in [-0.4, -0.2) is 10.2 Å². The van der Waals surface area contributed by atoms with Gasteiger partial charge in [0.25, 0.3) is 5.91 Å². The molecule has 0 spiro atoms. The summed E-state index contributed by atoms with van der Waals surface area (Å²) >= 11 is 16.4. The lowest BCUT2D eigenvalue weighted by molar-refractivity contribution is -0.113. The summed E-state index contributed by atoms with van der Waals surface area (Å²) in [6.07, 6.45) is 1.74. The number of anilines is 1. The van der Waals surface area contributed by atoms with Crippen LogP contribution in [0.25, 0.3) is 16.8 Å². The van der Waals surface area contributed by atoms with Gasteiger partial charge in [-0.05, 0) is 47.9 Å². The quantitative estimate of drug-likeness (QED) is 0.174. The van der Waals surface area contributed by atoms with Crippen molar-refractivity contribution >= 4 is 84.3 Å². The zero-order valence-electron chi connectivity index (χ0n) is 18.0. The Morgan fingerprint density at radius 2 is 1.83 bits per heavy atom. The molecule has 8 heteroatoms. The van der Waals surface area contributed by atoms with E-state index in [9.17, 15) is 9.18 Å². The third-order valence-corrected chi connectivity index (χ3v) is 7.64. The number of rotatable bonds is 5.